The van der Waals surface area contributed by atoms with Crippen molar-refractivity contribution in [3.8, 4) is 0 Å². The van der Waals surface area contributed by atoms with Crippen LogP contribution in [0, 0.1) is 0 Å². The number of hydrogen-bond donors (Lipinski definition) is 1. The van der Waals surface area contributed by atoms with Gasteiger partial charge >= 0.3 is 0 Å². The maximum Gasteiger partial charge on any atom is 0.0713 e. The van der Waals surface area contributed by atoms with Crippen molar-refractivity contribution in [2.24, 2.45) is 0 Å². The highest BCUT2D eigenvalue weighted by Crippen LogP contribution is 2.37. The Morgan fingerprint density at radius 2 is 2.18 bits per heavy atom. The molecule has 2 aliphatic rings. The Hall–Kier alpha value is 0.270. The van der Waals surface area contributed by atoms with E-state index in [9.17, 15) is 0 Å². The summed E-state index contributed by atoms with van der Waals surface area (Å²) in [5.41, 5.74) is 0.229. The van der Waals surface area contributed by atoms with E-state index in [1.165, 1.54) is 50.0 Å². The highest BCUT2D eigenvalue weighted by molar-refractivity contribution is 7.99. The zero-order chi connectivity index (χ0) is 12.1. The molecule has 0 aromatic heterocycles. The normalized spacial score (nSPS) is 30.4. The Morgan fingerprint density at radius 3 is 2.88 bits per heavy atom. The molecule has 2 fully saturated rings. The van der Waals surface area contributed by atoms with Gasteiger partial charge in [-0.05, 0) is 50.5 Å². The molecule has 0 amide bonds. The zero-order valence-corrected chi connectivity index (χ0v) is 12.2. The van der Waals surface area contributed by atoms with Crippen molar-refractivity contribution in [3.05, 3.63) is 0 Å². The summed E-state index contributed by atoms with van der Waals surface area (Å²) in [6.45, 7) is 5.55. The van der Waals surface area contributed by atoms with Crippen LogP contribution >= 0.6 is 11.8 Å². The average molecular weight is 257 g/mol. The van der Waals surface area contributed by atoms with Crippen LogP contribution in [-0.4, -0.2) is 35.8 Å². The highest BCUT2D eigenvalue weighted by Gasteiger charge is 2.38. The smallest absolute Gasteiger partial charge is 0.0713 e. The number of thioether (sulfide) groups is 1. The molecular formula is C14H27NOS. The third kappa shape index (κ3) is 3.87. The molecule has 1 spiro atoms. The number of ether oxygens (including phenoxy) is 1. The van der Waals surface area contributed by atoms with Crippen LogP contribution < -0.4 is 5.32 Å². The molecule has 0 aliphatic carbocycles. The first-order valence-electron chi connectivity index (χ1n) is 7.22. The van der Waals surface area contributed by atoms with E-state index < -0.39 is 0 Å². The summed E-state index contributed by atoms with van der Waals surface area (Å²) in [7, 11) is 0. The van der Waals surface area contributed by atoms with Gasteiger partial charge in [-0.3, -0.25) is 0 Å². The van der Waals surface area contributed by atoms with Crippen LogP contribution in [0.15, 0.2) is 0 Å². The second-order valence-electron chi connectivity index (χ2n) is 5.69. The minimum absolute atomic E-state index is 0.229. The summed E-state index contributed by atoms with van der Waals surface area (Å²) >= 11 is 2.09. The lowest BCUT2D eigenvalue weighted by atomic mass is 9.85. The van der Waals surface area contributed by atoms with Crippen LogP contribution in [0.5, 0.6) is 0 Å². The molecule has 0 aromatic carbocycles. The third-order valence-electron chi connectivity index (χ3n) is 4.14. The van der Waals surface area contributed by atoms with Gasteiger partial charge in [0.15, 0.2) is 0 Å². The van der Waals surface area contributed by atoms with Crippen LogP contribution in [0.4, 0.5) is 0 Å². The number of nitrogens with one attached hydrogen (secondary N) is 1. The molecule has 100 valence electrons. The Bertz CT molecular complexity index is 223. The molecular weight excluding hydrogens is 230 g/mol. The molecule has 2 unspecified atom stereocenters. The summed E-state index contributed by atoms with van der Waals surface area (Å²) in [6.07, 6.45) is 7.53. The van der Waals surface area contributed by atoms with Crippen molar-refractivity contribution < 1.29 is 4.74 Å². The van der Waals surface area contributed by atoms with Gasteiger partial charge in [-0.15, -0.1) is 0 Å². The quantitative estimate of drug-likeness (QED) is 0.835. The highest BCUT2D eigenvalue weighted by atomic mass is 32.2. The maximum atomic E-state index is 6.12. The summed E-state index contributed by atoms with van der Waals surface area (Å²) in [6, 6.07) is 1.35. The molecule has 0 bridgehead atoms. The fourth-order valence-corrected chi connectivity index (χ4v) is 4.42. The van der Waals surface area contributed by atoms with Gasteiger partial charge in [-0.2, -0.15) is 11.8 Å². The largest absolute Gasteiger partial charge is 0.375 e. The van der Waals surface area contributed by atoms with Crippen molar-refractivity contribution in [1.82, 2.24) is 5.32 Å². The zero-order valence-electron chi connectivity index (χ0n) is 11.3. The first-order chi connectivity index (χ1) is 8.24. The summed E-state index contributed by atoms with van der Waals surface area (Å²) in [5.74, 6) is 2.58. The average Bonchev–Trinajstić information content (AvgIpc) is 2.30. The minimum Gasteiger partial charge on any atom is -0.375 e. The second-order valence-corrected chi connectivity index (χ2v) is 6.91. The van der Waals surface area contributed by atoms with E-state index in [1.54, 1.807) is 0 Å². The van der Waals surface area contributed by atoms with Crippen LogP contribution in [0.3, 0.4) is 0 Å². The standard InChI is InChI=1S/C14H27NOS/c1-3-4-12(2)15-13-5-8-16-14(11-13)6-9-17-10-7-14/h12-13,15H,3-11H2,1-2H3. The molecule has 1 N–H and O–H groups in total. The van der Waals surface area contributed by atoms with E-state index in [-0.39, 0.29) is 5.60 Å². The Labute approximate surface area is 110 Å². The van der Waals surface area contributed by atoms with Crippen molar-refractivity contribution in [2.75, 3.05) is 18.1 Å². The van der Waals surface area contributed by atoms with Crippen LogP contribution in [-0.2, 0) is 4.74 Å². The molecule has 2 saturated heterocycles. The number of hydrogen-bond acceptors (Lipinski definition) is 3. The molecule has 0 aromatic rings. The summed E-state index contributed by atoms with van der Waals surface area (Å²) < 4.78 is 6.12. The molecule has 3 heteroatoms. The first-order valence-corrected chi connectivity index (χ1v) is 8.37. The topological polar surface area (TPSA) is 21.3 Å². The van der Waals surface area contributed by atoms with Crippen molar-refractivity contribution >= 4 is 11.8 Å². The third-order valence-corrected chi connectivity index (χ3v) is 5.12. The maximum absolute atomic E-state index is 6.12. The molecule has 2 nitrogen and oxygen atoms in total. The van der Waals surface area contributed by atoms with E-state index >= 15 is 0 Å². The van der Waals surface area contributed by atoms with Crippen molar-refractivity contribution in [2.45, 2.75) is 70.1 Å². The lowest BCUT2D eigenvalue weighted by Crippen LogP contribution is -2.50. The second kappa shape index (κ2) is 6.44. The van der Waals surface area contributed by atoms with E-state index in [2.05, 4.69) is 30.9 Å². The molecule has 2 atom stereocenters. The monoisotopic (exact) mass is 257 g/mol. The van der Waals surface area contributed by atoms with Crippen molar-refractivity contribution in [1.29, 1.82) is 0 Å². The van der Waals surface area contributed by atoms with E-state index in [4.69, 9.17) is 4.74 Å². The Balaban J connectivity index is 1.83. The Kier molecular flexibility index (Phi) is 5.19. The fourth-order valence-electron chi connectivity index (χ4n) is 3.18. The van der Waals surface area contributed by atoms with Gasteiger partial charge in [0.2, 0.25) is 0 Å². The summed E-state index contributed by atoms with van der Waals surface area (Å²) in [5, 5.41) is 3.80. The van der Waals surface area contributed by atoms with E-state index in [0.29, 0.717) is 12.1 Å². The molecule has 2 rings (SSSR count). The minimum atomic E-state index is 0.229. The van der Waals surface area contributed by atoms with Crippen LogP contribution in [0.2, 0.25) is 0 Å². The van der Waals surface area contributed by atoms with Gasteiger partial charge in [0, 0.05) is 18.7 Å². The summed E-state index contributed by atoms with van der Waals surface area (Å²) in [4.78, 5) is 0. The van der Waals surface area contributed by atoms with Crippen LogP contribution in [0.25, 0.3) is 0 Å². The van der Waals surface area contributed by atoms with Gasteiger partial charge in [0.05, 0.1) is 5.60 Å². The van der Waals surface area contributed by atoms with E-state index in [1.807, 2.05) is 0 Å². The molecule has 0 saturated carbocycles. The predicted molar refractivity (Wildman–Crippen MR) is 75.8 cm³/mol. The lowest BCUT2D eigenvalue weighted by molar-refractivity contribution is -0.0940. The van der Waals surface area contributed by atoms with E-state index in [0.717, 1.165) is 6.61 Å². The van der Waals surface area contributed by atoms with Crippen molar-refractivity contribution in [3.63, 3.8) is 0 Å². The molecule has 2 aliphatic heterocycles. The van der Waals surface area contributed by atoms with Gasteiger partial charge in [-0.1, -0.05) is 13.3 Å². The Morgan fingerprint density at radius 1 is 1.41 bits per heavy atom. The fraction of sp³-hybridized carbons (Fsp3) is 1.00. The van der Waals surface area contributed by atoms with Gasteiger partial charge in [0.1, 0.15) is 0 Å². The molecule has 2 heterocycles. The predicted octanol–water partition coefficient (Wildman–Crippen LogP) is 3.21. The van der Waals surface area contributed by atoms with Crippen LogP contribution in [0.1, 0.15) is 52.4 Å². The first kappa shape index (κ1) is 13.7. The number of rotatable bonds is 4. The van der Waals surface area contributed by atoms with Gasteiger partial charge < -0.3 is 10.1 Å². The molecule has 17 heavy (non-hydrogen) atoms. The van der Waals surface area contributed by atoms with Gasteiger partial charge in [-0.25, -0.2) is 0 Å². The lowest BCUT2D eigenvalue weighted by Gasteiger charge is -2.44. The SMILES string of the molecule is CCCC(C)NC1CCOC2(CCSCC2)C1. The molecule has 0 radical (unpaired) electrons. The van der Waals surface area contributed by atoms with Gasteiger partial charge in [0.25, 0.3) is 0 Å².